The Hall–Kier alpha value is -0.680. The quantitative estimate of drug-likeness (QED) is 0.694. The van der Waals surface area contributed by atoms with Crippen LogP contribution in [-0.4, -0.2) is 35.7 Å². The topological polar surface area (TPSA) is 55.8 Å². The number of halogens is 1. The summed E-state index contributed by atoms with van der Waals surface area (Å²) in [6, 6.07) is 0. The van der Waals surface area contributed by atoms with Crippen LogP contribution in [0.5, 0.6) is 0 Å². The van der Waals surface area contributed by atoms with E-state index >= 15 is 0 Å². The first kappa shape index (κ1) is 9.86. The Labute approximate surface area is 81.0 Å². The van der Waals surface area contributed by atoms with Gasteiger partial charge in [-0.25, -0.2) is 9.18 Å². The molecule has 2 aliphatic rings. The predicted molar refractivity (Wildman–Crippen MR) is 44.6 cm³/mol. The fourth-order valence-electron chi connectivity index (χ4n) is 2.03. The molecule has 0 aromatic carbocycles. The van der Waals surface area contributed by atoms with Crippen molar-refractivity contribution in [3.63, 3.8) is 0 Å². The zero-order valence-corrected chi connectivity index (χ0v) is 7.79. The van der Waals surface area contributed by atoms with Crippen molar-refractivity contribution in [2.45, 2.75) is 37.1 Å². The van der Waals surface area contributed by atoms with Crippen molar-refractivity contribution < 1.29 is 23.8 Å². The molecular formula is C9H13FO4. The van der Waals surface area contributed by atoms with Gasteiger partial charge in [-0.15, -0.1) is 0 Å². The van der Waals surface area contributed by atoms with E-state index in [-0.39, 0.29) is 12.8 Å². The van der Waals surface area contributed by atoms with Crippen LogP contribution in [0.15, 0.2) is 0 Å². The third kappa shape index (κ3) is 1.50. The lowest BCUT2D eigenvalue weighted by molar-refractivity contribution is -0.199. The van der Waals surface area contributed by atoms with Crippen LogP contribution < -0.4 is 0 Å². The summed E-state index contributed by atoms with van der Waals surface area (Å²) in [5.74, 6) is -2.06. The van der Waals surface area contributed by atoms with E-state index < -0.39 is 17.4 Å². The highest BCUT2D eigenvalue weighted by molar-refractivity contribution is 5.77. The molecule has 0 aromatic rings. The monoisotopic (exact) mass is 204 g/mol. The molecule has 1 aliphatic carbocycles. The average Bonchev–Trinajstić information content (AvgIpc) is 2.60. The molecule has 1 saturated carbocycles. The molecule has 1 heterocycles. The number of rotatable bonds is 1. The number of carboxylic acids is 1. The predicted octanol–water partition coefficient (Wildman–Crippen LogP) is 1.10. The molecule has 2 rings (SSSR count). The van der Waals surface area contributed by atoms with Gasteiger partial charge < -0.3 is 14.6 Å². The standard InChI is InChI=1S/C9H13FO4/c10-8(7(11)12)1-3-9(4-2-8)13-5-6-14-9/h1-6H2,(H,11,12). The van der Waals surface area contributed by atoms with E-state index in [1.54, 1.807) is 0 Å². The lowest BCUT2D eigenvalue weighted by atomic mass is 9.83. The second-order valence-corrected chi connectivity index (χ2v) is 3.88. The van der Waals surface area contributed by atoms with E-state index in [2.05, 4.69) is 0 Å². The number of hydrogen-bond acceptors (Lipinski definition) is 3. The first-order valence-corrected chi connectivity index (χ1v) is 4.77. The normalized spacial score (nSPS) is 29.2. The maximum absolute atomic E-state index is 13.6. The van der Waals surface area contributed by atoms with Crippen molar-refractivity contribution >= 4 is 5.97 Å². The number of hydrogen-bond donors (Lipinski definition) is 1. The number of ether oxygens (including phenoxy) is 2. The Morgan fingerprint density at radius 2 is 1.64 bits per heavy atom. The number of carboxylic acid groups (broad SMARTS) is 1. The number of carbonyl (C=O) groups is 1. The highest BCUT2D eigenvalue weighted by Crippen LogP contribution is 2.42. The minimum atomic E-state index is -2.08. The fraction of sp³-hybridized carbons (Fsp3) is 0.889. The molecule has 1 saturated heterocycles. The minimum Gasteiger partial charge on any atom is -0.479 e. The maximum Gasteiger partial charge on any atom is 0.341 e. The van der Waals surface area contributed by atoms with E-state index in [1.807, 2.05) is 0 Å². The van der Waals surface area contributed by atoms with Crippen molar-refractivity contribution in [3.05, 3.63) is 0 Å². The third-order valence-corrected chi connectivity index (χ3v) is 3.00. The highest BCUT2D eigenvalue weighted by atomic mass is 19.1. The van der Waals surface area contributed by atoms with Gasteiger partial charge in [0.2, 0.25) is 5.67 Å². The molecule has 1 spiro atoms. The molecule has 2 fully saturated rings. The Kier molecular flexibility index (Phi) is 2.23. The molecule has 0 amide bonds. The molecular weight excluding hydrogens is 191 g/mol. The molecule has 1 N–H and O–H groups in total. The smallest absolute Gasteiger partial charge is 0.341 e. The SMILES string of the molecule is O=C(O)C1(F)CCC2(CC1)OCCO2. The Balaban J connectivity index is 2.01. The average molecular weight is 204 g/mol. The van der Waals surface area contributed by atoms with Crippen molar-refractivity contribution in [2.24, 2.45) is 0 Å². The Morgan fingerprint density at radius 3 is 2.07 bits per heavy atom. The molecule has 1 aliphatic heterocycles. The van der Waals surface area contributed by atoms with Gasteiger partial charge in [0.25, 0.3) is 0 Å². The molecule has 0 bridgehead atoms. The summed E-state index contributed by atoms with van der Waals surface area (Å²) in [5.41, 5.74) is -2.08. The molecule has 4 nitrogen and oxygen atoms in total. The molecule has 5 heteroatoms. The largest absolute Gasteiger partial charge is 0.479 e. The summed E-state index contributed by atoms with van der Waals surface area (Å²) < 4.78 is 24.4. The Morgan fingerprint density at radius 1 is 1.14 bits per heavy atom. The van der Waals surface area contributed by atoms with E-state index in [0.717, 1.165) is 0 Å². The summed E-state index contributed by atoms with van der Waals surface area (Å²) >= 11 is 0. The zero-order valence-electron chi connectivity index (χ0n) is 7.79. The maximum atomic E-state index is 13.6. The summed E-state index contributed by atoms with van der Waals surface area (Å²) in [5, 5.41) is 8.67. The van der Waals surface area contributed by atoms with Gasteiger partial charge in [0, 0.05) is 12.8 Å². The highest BCUT2D eigenvalue weighted by Gasteiger charge is 2.50. The number of aliphatic carboxylic acids is 1. The lowest BCUT2D eigenvalue weighted by Crippen LogP contribution is -2.45. The zero-order chi connectivity index (χ0) is 10.2. The van der Waals surface area contributed by atoms with Crippen molar-refractivity contribution in [1.29, 1.82) is 0 Å². The molecule has 0 aromatic heterocycles. The van der Waals surface area contributed by atoms with Gasteiger partial charge in [0.1, 0.15) is 0 Å². The second-order valence-electron chi connectivity index (χ2n) is 3.88. The second kappa shape index (κ2) is 3.17. The number of alkyl halides is 1. The summed E-state index contributed by atoms with van der Waals surface area (Å²) in [4.78, 5) is 10.6. The van der Waals surface area contributed by atoms with Gasteiger partial charge in [-0.3, -0.25) is 0 Å². The summed E-state index contributed by atoms with van der Waals surface area (Å²) in [6.07, 6.45) is 0.607. The molecule has 0 radical (unpaired) electrons. The van der Waals surface area contributed by atoms with Crippen LogP contribution in [0.25, 0.3) is 0 Å². The van der Waals surface area contributed by atoms with Crippen LogP contribution in [0.4, 0.5) is 4.39 Å². The van der Waals surface area contributed by atoms with Crippen LogP contribution in [0.2, 0.25) is 0 Å². The van der Waals surface area contributed by atoms with Crippen LogP contribution in [-0.2, 0) is 14.3 Å². The van der Waals surface area contributed by atoms with Crippen LogP contribution >= 0.6 is 0 Å². The van der Waals surface area contributed by atoms with E-state index in [4.69, 9.17) is 14.6 Å². The van der Waals surface area contributed by atoms with Gasteiger partial charge in [0.05, 0.1) is 13.2 Å². The van der Waals surface area contributed by atoms with E-state index in [0.29, 0.717) is 26.1 Å². The first-order valence-electron chi connectivity index (χ1n) is 4.77. The van der Waals surface area contributed by atoms with Crippen LogP contribution in [0, 0.1) is 0 Å². The van der Waals surface area contributed by atoms with Gasteiger partial charge >= 0.3 is 5.97 Å². The van der Waals surface area contributed by atoms with Crippen molar-refractivity contribution in [1.82, 2.24) is 0 Å². The van der Waals surface area contributed by atoms with E-state index in [1.165, 1.54) is 0 Å². The lowest BCUT2D eigenvalue weighted by Gasteiger charge is -2.36. The molecule has 0 unspecified atom stereocenters. The van der Waals surface area contributed by atoms with Crippen molar-refractivity contribution in [2.75, 3.05) is 13.2 Å². The minimum absolute atomic E-state index is 0.0255. The molecule has 0 atom stereocenters. The molecule has 80 valence electrons. The first-order chi connectivity index (χ1) is 6.56. The summed E-state index contributed by atoms with van der Waals surface area (Å²) in [7, 11) is 0. The van der Waals surface area contributed by atoms with Gasteiger partial charge in [-0.1, -0.05) is 0 Å². The van der Waals surface area contributed by atoms with Crippen LogP contribution in [0.1, 0.15) is 25.7 Å². The van der Waals surface area contributed by atoms with Crippen molar-refractivity contribution in [3.8, 4) is 0 Å². The molecule has 14 heavy (non-hydrogen) atoms. The Bertz CT molecular complexity index is 237. The van der Waals surface area contributed by atoms with Crippen LogP contribution in [0.3, 0.4) is 0 Å². The van der Waals surface area contributed by atoms with Gasteiger partial charge in [0.15, 0.2) is 5.79 Å². The fourth-order valence-corrected chi connectivity index (χ4v) is 2.03. The summed E-state index contributed by atoms with van der Waals surface area (Å²) in [6.45, 7) is 1.04. The third-order valence-electron chi connectivity index (χ3n) is 3.00. The van der Waals surface area contributed by atoms with E-state index in [9.17, 15) is 9.18 Å². The van der Waals surface area contributed by atoms with Gasteiger partial charge in [-0.05, 0) is 12.8 Å². The van der Waals surface area contributed by atoms with Gasteiger partial charge in [-0.2, -0.15) is 0 Å².